The molecule has 2 aliphatic heterocycles. The van der Waals surface area contributed by atoms with Crippen LogP contribution in [0, 0.1) is 13.8 Å². The van der Waals surface area contributed by atoms with Gasteiger partial charge in [-0.1, -0.05) is 11.8 Å². The molecule has 5 heterocycles. The van der Waals surface area contributed by atoms with Crippen molar-refractivity contribution in [3.8, 4) is 5.75 Å². The molecule has 0 amide bonds. The lowest BCUT2D eigenvalue weighted by Gasteiger charge is -2.24. The van der Waals surface area contributed by atoms with Crippen LogP contribution in [0.3, 0.4) is 0 Å². The lowest BCUT2D eigenvalue weighted by molar-refractivity contribution is -0.136. The number of hydrogen-bond acceptors (Lipinski definition) is 9. The van der Waals surface area contributed by atoms with Crippen molar-refractivity contribution in [2.24, 2.45) is 0 Å². The molecule has 3 aromatic heterocycles. The van der Waals surface area contributed by atoms with Crippen molar-refractivity contribution in [1.29, 1.82) is 0 Å². The molecular weight excluding hydrogens is 392 g/mol. The Morgan fingerprint density at radius 3 is 2.83 bits per heavy atom. The fourth-order valence-corrected chi connectivity index (χ4v) is 5.14. The summed E-state index contributed by atoms with van der Waals surface area (Å²) in [5.41, 5.74) is 10.4. The van der Waals surface area contributed by atoms with Gasteiger partial charge in [0, 0.05) is 23.7 Å². The Morgan fingerprint density at radius 1 is 1.28 bits per heavy atom. The minimum Gasteiger partial charge on any atom is -0.496 e. The smallest absolute Gasteiger partial charge is 0.223 e. The van der Waals surface area contributed by atoms with E-state index in [0.717, 1.165) is 38.7 Å². The van der Waals surface area contributed by atoms with Crippen LogP contribution in [0.15, 0.2) is 11.2 Å². The number of nitrogen functional groups attached to an aromatic ring is 1. The minimum atomic E-state index is -0.673. The maximum absolute atomic E-state index is 6.01. The summed E-state index contributed by atoms with van der Waals surface area (Å²) in [5, 5.41) is 6.59. The number of nitrogens with zero attached hydrogens (tertiary/aromatic N) is 5. The monoisotopic (exact) mass is 414 g/mol. The highest BCUT2D eigenvalue weighted by molar-refractivity contribution is 7.99. The topological polar surface area (TPSA) is 110 Å². The van der Waals surface area contributed by atoms with Crippen molar-refractivity contribution in [2.45, 2.75) is 37.6 Å². The lowest BCUT2D eigenvalue weighted by atomic mass is 10.1. The standard InChI is InChI=1S/C19H22N6O3S/c1-10-7-21-13(11(2)15(10)26-3)8-25-16-14-12(24-25)6-19(27-4-5-28-19)9-29-17(14)23-18(20)22-16/h7H,4-6,8-9H2,1-3H3,(H2,20,22,23). The van der Waals surface area contributed by atoms with Crippen molar-refractivity contribution in [1.82, 2.24) is 24.7 Å². The molecule has 152 valence electrons. The molecule has 2 N–H and O–H groups in total. The number of hydrogen-bond donors (Lipinski definition) is 1. The Morgan fingerprint density at radius 2 is 2.07 bits per heavy atom. The third-order valence-electron chi connectivity index (χ3n) is 5.38. The second-order valence-electron chi connectivity index (χ2n) is 7.31. The van der Waals surface area contributed by atoms with Crippen molar-refractivity contribution in [3.63, 3.8) is 0 Å². The molecule has 0 bridgehead atoms. The third-order valence-corrected chi connectivity index (χ3v) is 6.53. The maximum Gasteiger partial charge on any atom is 0.223 e. The molecular formula is C19H22N6O3S. The van der Waals surface area contributed by atoms with Crippen LogP contribution in [-0.2, 0) is 22.4 Å². The zero-order valence-corrected chi connectivity index (χ0v) is 17.4. The van der Waals surface area contributed by atoms with Crippen molar-refractivity contribution >= 4 is 28.7 Å². The zero-order valence-electron chi connectivity index (χ0n) is 16.6. The van der Waals surface area contributed by atoms with Gasteiger partial charge >= 0.3 is 0 Å². The maximum atomic E-state index is 6.01. The Balaban J connectivity index is 1.62. The molecule has 5 rings (SSSR count). The highest BCUT2D eigenvalue weighted by Gasteiger charge is 2.41. The Kier molecular flexibility index (Phi) is 4.37. The molecule has 29 heavy (non-hydrogen) atoms. The predicted octanol–water partition coefficient (Wildman–Crippen LogP) is 1.87. The number of pyridine rings is 1. The number of aromatic nitrogens is 5. The van der Waals surface area contributed by atoms with E-state index in [2.05, 4.69) is 15.0 Å². The molecule has 0 saturated carbocycles. The fourth-order valence-electron chi connectivity index (χ4n) is 4.00. The van der Waals surface area contributed by atoms with Gasteiger partial charge in [-0.25, -0.2) is 9.67 Å². The average Bonchev–Trinajstić information content (AvgIpc) is 3.24. The van der Waals surface area contributed by atoms with Gasteiger partial charge in [0.15, 0.2) is 11.4 Å². The molecule has 9 nitrogen and oxygen atoms in total. The molecule has 2 aliphatic rings. The van der Waals surface area contributed by atoms with Crippen LogP contribution < -0.4 is 10.5 Å². The highest BCUT2D eigenvalue weighted by Crippen LogP contribution is 2.40. The number of ether oxygens (including phenoxy) is 3. The summed E-state index contributed by atoms with van der Waals surface area (Å²) in [6.07, 6.45) is 2.37. The van der Waals surface area contributed by atoms with E-state index in [1.165, 1.54) is 0 Å². The number of nitrogens with two attached hydrogens (primary N) is 1. The first kappa shape index (κ1) is 18.6. The first-order valence-corrected chi connectivity index (χ1v) is 10.4. The molecule has 0 unspecified atom stereocenters. The van der Waals surface area contributed by atoms with Gasteiger partial charge in [0.1, 0.15) is 10.8 Å². The molecule has 1 fully saturated rings. The van der Waals surface area contributed by atoms with E-state index in [-0.39, 0.29) is 5.95 Å². The Bertz CT molecular complexity index is 1110. The molecule has 0 aromatic carbocycles. The summed E-state index contributed by atoms with van der Waals surface area (Å²) in [4.78, 5) is 13.6. The number of rotatable bonds is 3. The van der Waals surface area contributed by atoms with Gasteiger partial charge in [-0.2, -0.15) is 10.1 Å². The predicted molar refractivity (Wildman–Crippen MR) is 108 cm³/mol. The van der Waals surface area contributed by atoms with E-state index in [1.54, 1.807) is 18.9 Å². The van der Waals surface area contributed by atoms with Crippen LogP contribution in [0.1, 0.15) is 22.5 Å². The van der Waals surface area contributed by atoms with E-state index < -0.39 is 5.79 Å². The van der Waals surface area contributed by atoms with Crippen LogP contribution in [0.25, 0.3) is 11.0 Å². The van der Waals surface area contributed by atoms with Gasteiger partial charge in [0.05, 0.1) is 49.4 Å². The minimum absolute atomic E-state index is 0.225. The summed E-state index contributed by atoms with van der Waals surface area (Å²) in [5.74, 6) is 1.03. The Hall–Kier alpha value is -2.43. The quantitative estimate of drug-likeness (QED) is 0.642. The van der Waals surface area contributed by atoms with Crippen LogP contribution in [-0.4, -0.2) is 56.6 Å². The Labute approximate surface area is 172 Å². The SMILES string of the molecule is COc1c(C)cnc(Cn2nc3c4c(nc(N)nc42)SCC2(C3)OCCO2)c1C. The van der Waals surface area contributed by atoms with Crippen LogP contribution >= 0.6 is 11.8 Å². The molecule has 3 aromatic rings. The normalized spacial score (nSPS) is 17.8. The second-order valence-corrected chi connectivity index (χ2v) is 8.27. The van der Waals surface area contributed by atoms with Crippen molar-refractivity contribution in [3.05, 3.63) is 28.7 Å². The van der Waals surface area contributed by atoms with E-state index in [0.29, 0.717) is 37.6 Å². The van der Waals surface area contributed by atoms with Crippen LogP contribution in [0.5, 0.6) is 5.75 Å². The molecule has 1 saturated heterocycles. The first-order valence-electron chi connectivity index (χ1n) is 9.42. The van der Waals surface area contributed by atoms with E-state index in [4.69, 9.17) is 25.0 Å². The fraction of sp³-hybridized carbons (Fsp3) is 0.474. The molecule has 0 radical (unpaired) electrons. The van der Waals surface area contributed by atoms with Gasteiger partial charge in [-0.3, -0.25) is 4.98 Å². The van der Waals surface area contributed by atoms with E-state index in [1.807, 2.05) is 24.7 Å². The summed E-state index contributed by atoms with van der Waals surface area (Å²) in [6, 6.07) is 0. The zero-order chi connectivity index (χ0) is 20.2. The van der Waals surface area contributed by atoms with E-state index in [9.17, 15) is 0 Å². The number of thioether (sulfide) groups is 1. The summed E-state index contributed by atoms with van der Waals surface area (Å²) >= 11 is 1.57. The number of anilines is 1. The van der Waals surface area contributed by atoms with Crippen LogP contribution in [0.4, 0.5) is 5.95 Å². The van der Waals surface area contributed by atoms with E-state index >= 15 is 0 Å². The second kappa shape index (κ2) is 6.82. The van der Waals surface area contributed by atoms with Crippen LogP contribution in [0.2, 0.25) is 0 Å². The highest BCUT2D eigenvalue weighted by atomic mass is 32.2. The molecule has 1 spiro atoms. The lowest BCUT2D eigenvalue weighted by Crippen LogP contribution is -2.35. The molecule has 10 heteroatoms. The van der Waals surface area contributed by atoms with Crippen molar-refractivity contribution < 1.29 is 14.2 Å². The van der Waals surface area contributed by atoms with Gasteiger partial charge in [-0.15, -0.1) is 0 Å². The third kappa shape index (κ3) is 3.02. The summed E-state index contributed by atoms with van der Waals surface area (Å²) < 4.78 is 19.3. The van der Waals surface area contributed by atoms with Gasteiger partial charge in [-0.05, 0) is 13.8 Å². The molecule has 0 aliphatic carbocycles. The summed E-state index contributed by atoms with van der Waals surface area (Å²) in [6.45, 7) is 5.61. The van der Waals surface area contributed by atoms with Crippen molar-refractivity contribution in [2.75, 3.05) is 31.8 Å². The van der Waals surface area contributed by atoms with Gasteiger partial charge < -0.3 is 19.9 Å². The largest absolute Gasteiger partial charge is 0.496 e. The van der Waals surface area contributed by atoms with Gasteiger partial charge in [0.2, 0.25) is 5.95 Å². The first-order chi connectivity index (χ1) is 14.0. The molecule has 0 atom stereocenters. The average molecular weight is 414 g/mol. The number of methoxy groups -OCH3 is 1. The van der Waals surface area contributed by atoms with Gasteiger partial charge in [0.25, 0.3) is 0 Å². The summed E-state index contributed by atoms with van der Waals surface area (Å²) in [7, 11) is 1.67. The number of aryl methyl sites for hydroxylation is 1.